The van der Waals surface area contributed by atoms with Gasteiger partial charge < -0.3 is 24.8 Å². The number of carbonyl (C=O) groups excluding carboxylic acids is 2. The lowest BCUT2D eigenvalue weighted by Crippen LogP contribution is -2.44. The molecule has 0 fully saturated rings. The molecule has 0 spiro atoms. The SMILES string of the molecule is COC[C@H](C)NC(=O)C1CN2NC=NC(=Nc3cc(NC(=O)c4ccc5c(c4)OCO5)ccc3C)C2=C1C. The first-order valence-corrected chi connectivity index (χ1v) is 12.3. The first kappa shape index (κ1) is 25.3. The van der Waals surface area contributed by atoms with Gasteiger partial charge in [0.1, 0.15) is 12.0 Å². The van der Waals surface area contributed by atoms with E-state index >= 15 is 0 Å². The molecular weight excluding hydrogens is 488 g/mol. The third-order valence-electron chi connectivity index (χ3n) is 6.59. The van der Waals surface area contributed by atoms with E-state index in [9.17, 15) is 9.59 Å². The lowest BCUT2D eigenvalue weighted by atomic mass is 10.0. The summed E-state index contributed by atoms with van der Waals surface area (Å²) in [7, 11) is 1.61. The van der Waals surface area contributed by atoms with Gasteiger partial charge in [-0.1, -0.05) is 6.07 Å². The molecule has 0 bridgehead atoms. The molecule has 0 aliphatic carbocycles. The molecule has 3 heterocycles. The van der Waals surface area contributed by atoms with Crippen LogP contribution in [-0.4, -0.2) is 62.1 Å². The summed E-state index contributed by atoms with van der Waals surface area (Å²) in [6, 6.07) is 10.5. The number of amides is 2. The summed E-state index contributed by atoms with van der Waals surface area (Å²) in [6.45, 7) is 6.81. The fourth-order valence-electron chi connectivity index (χ4n) is 4.58. The van der Waals surface area contributed by atoms with Gasteiger partial charge in [-0.25, -0.2) is 9.98 Å². The molecule has 0 saturated carbocycles. The number of methoxy groups -OCH3 is 1. The van der Waals surface area contributed by atoms with Crippen molar-refractivity contribution in [3.05, 3.63) is 58.8 Å². The zero-order valence-electron chi connectivity index (χ0n) is 21.7. The van der Waals surface area contributed by atoms with Crippen LogP contribution in [0.25, 0.3) is 0 Å². The van der Waals surface area contributed by atoms with Crippen LogP contribution in [0.4, 0.5) is 11.4 Å². The average Bonchev–Trinajstić information content (AvgIpc) is 3.50. The molecular formula is C27H30N6O5. The van der Waals surface area contributed by atoms with Gasteiger partial charge in [-0.3, -0.25) is 20.0 Å². The van der Waals surface area contributed by atoms with E-state index in [0.717, 1.165) is 16.8 Å². The Labute approximate surface area is 220 Å². The summed E-state index contributed by atoms with van der Waals surface area (Å²) in [5, 5.41) is 7.80. The molecule has 3 aliphatic rings. The number of ether oxygens (including phenoxy) is 3. The minimum atomic E-state index is -0.350. The quantitative estimate of drug-likeness (QED) is 0.515. The van der Waals surface area contributed by atoms with E-state index < -0.39 is 0 Å². The molecule has 0 saturated heterocycles. The predicted octanol–water partition coefficient (Wildman–Crippen LogP) is 2.91. The highest BCUT2D eigenvalue weighted by Crippen LogP contribution is 2.34. The molecule has 38 heavy (non-hydrogen) atoms. The largest absolute Gasteiger partial charge is 0.454 e. The van der Waals surface area contributed by atoms with Crippen LogP contribution < -0.4 is 25.5 Å². The molecule has 2 amide bonds. The molecule has 0 radical (unpaired) electrons. The third kappa shape index (κ3) is 5.05. The van der Waals surface area contributed by atoms with Gasteiger partial charge in [-0.05, 0) is 62.2 Å². The molecule has 2 atom stereocenters. The third-order valence-corrected chi connectivity index (χ3v) is 6.59. The maximum Gasteiger partial charge on any atom is 0.255 e. The topological polar surface area (TPSA) is 126 Å². The van der Waals surface area contributed by atoms with Crippen LogP contribution in [0.5, 0.6) is 11.5 Å². The van der Waals surface area contributed by atoms with E-state index in [0.29, 0.717) is 47.4 Å². The van der Waals surface area contributed by atoms with E-state index in [-0.39, 0.29) is 30.6 Å². The summed E-state index contributed by atoms with van der Waals surface area (Å²) in [6.07, 6.45) is 1.56. The van der Waals surface area contributed by atoms with E-state index in [1.54, 1.807) is 37.7 Å². The number of nitrogens with zero attached hydrogens (tertiary/aromatic N) is 3. The Balaban J connectivity index is 1.37. The fourth-order valence-corrected chi connectivity index (χ4v) is 4.58. The Kier molecular flexibility index (Phi) is 7.01. The summed E-state index contributed by atoms with van der Waals surface area (Å²) in [5.74, 6) is 0.956. The number of carbonyl (C=O) groups is 2. The number of rotatable bonds is 7. The smallest absolute Gasteiger partial charge is 0.255 e. The van der Waals surface area contributed by atoms with Gasteiger partial charge in [0.2, 0.25) is 12.7 Å². The second kappa shape index (κ2) is 10.5. The van der Waals surface area contributed by atoms with Gasteiger partial charge in [0.15, 0.2) is 17.3 Å². The molecule has 5 rings (SSSR count). The lowest BCUT2D eigenvalue weighted by Gasteiger charge is -2.25. The molecule has 2 aromatic carbocycles. The number of fused-ring (bicyclic) bond motifs is 2. The summed E-state index contributed by atoms with van der Waals surface area (Å²) < 4.78 is 15.8. The maximum atomic E-state index is 12.9. The van der Waals surface area contributed by atoms with E-state index in [1.165, 1.54) is 0 Å². The van der Waals surface area contributed by atoms with Gasteiger partial charge in [0, 0.05) is 24.4 Å². The van der Waals surface area contributed by atoms with Crippen molar-refractivity contribution < 1.29 is 23.8 Å². The van der Waals surface area contributed by atoms with Crippen LogP contribution in [0.1, 0.15) is 29.8 Å². The fraction of sp³-hybridized carbons (Fsp3) is 0.333. The Morgan fingerprint density at radius 1 is 1.21 bits per heavy atom. The summed E-state index contributed by atoms with van der Waals surface area (Å²) >= 11 is 0. The standard InChI is InChI=1S/C27H30N6O5/c1-15-5-7-19(31-26(34)18-6-8-22-23(9-18)38-14-37-22)10-21(15)32-25-24-17(3)20(11-33(24)29-13-28-25)27(35)30-16(2)12-36-4/h5-10,13,16,20H,11-12,14H2,1-4H3,(H,30,35)(H,31,34)(H,28,29,32)/t16-,20?/m0/s1. The maximum absolute atomic E-state index is 12.9. The van der Waals surface area contributed by atoms with Crippen molar-refractivity contribution in [1.29, 1.82) is 0 Å². The number of amidine groups is 1. The Hall–Kier alpha value is -4.38. The van der Waals surface area contributed by atoms with Crippen molar-refractivity contribution >= 4 is 35.4 Å². The van der Waals surface area contributed by atoms with Crippen LogP contribution in [-0.2, 0) is 9.53 Å². The van der Waals surface area contributed by atoms with Crippen molar-refractivity contribution in [1.82, 2.24) is 15.8 Å². The molecule has 1 unspecified atom stereocenters. The lowest BCUT2D eigenvalue weighted by molar-refractivity contribution is -0.124. The number of aryl methyl sites for hydroxylation is 1. The number of hydrazine groups is 1. The first-order valence-electron chi connectivity index (χ1n) is 12.3. The second-order valence-electron chi connectivity index (χ2n) is 9.41. The van der Waals surface area contributed by atoms with E-state index in [1.807, 2.05) is 37.9 Å². The Morgan fingerprint density at radius 3 is 2.84 bits per heavy atom. The zero-order valence-corrected chi connectivity index (χ0v) is 21.7. The second-order valence-corrected chi connectivity index (χ2v) is 9.41. The van der Waals surface area contributed by atoms with Crippen molar-refractivity contribution in [3.63, 3.8) is 0 Å². The number of hydrogen-bond acceptors (Lipinski definition) is 8. The normalized spacial score (nSPS) is 19.3. The van der Waals surface area contributed by atoms with Crippen LogP contribution in [0.15, 0.2) is 57.7 Å². The molecule has 3 N–H and O–H groups in total. The molecule has 11 heteroatoms. The highest BCUT2D eigenvalue weighted by molar-refractivity contribution is 6.07. The van der Waals surface area contributed by atoms with Gasteiger partial charge in [-0.2, -0.15) is 0 Å². The summed E-state index contributed by atoms with van der Waals surface area (Å²) in [5.41, 5.74) is 7.36. The number of anilines is 1. The van der Waals surface area contributed by atoms with E-state index in [4.69, 9.17) is 19.2 Å². The number of aliphatic imine (C=N–C) groups is 2. The average molecular weight is 519 g/mol. The monoisotopic (exact) mass is 518 g/mol. The van der Waals surface area contributed by atoms with Crippen molar-refractivity contribution in [3.8, 4) is 11.5 Å². The van der Waals surface area contributed by atoms with Crippen LogP contribution in [0.2, 0.25) is 0 Å². The minimum Gasteiger partial charge on any atom is -0.454 e. The Morgan fingerprint density at radius 2 is 2.03 bits per heavy atom. The molecule has 3 aliphatic heterocycles. The van der Waals surface area contributed by atoms with Crippen LogP contribution in [0.3, 0.4) is 0 Å². The number of benzene rings is 2. The summed E-state index contributed by atoms with van der Waals surface area (Å²) in [4.78, 5) is 35.1. The van der Waals surface area contributed by atoms with Gasteiger partial charge in [-0.15, -0.1) is 0 Å². The Bertz CT molecular complexity index is 1370. The molecule has 2 aromatic rings. The van der Waals surface area contributed by atoms with Gasteiger partial charge >= 0.3 is 0 Å². The molecule has 198 valence electrons. The molecule has 11 nitrogen and oxygen atoms in total. The minimum absolute atomic E-state index is 0.0699. The van der Waals surface area contributed by atoms with E-state index in [2.05, 4.69) is 21.1 Å². The highest BCUT2D eigenvalue weighted by atomic mass is 16.7. The van der Waals surface area contributed by atoms with Crippen molar-refractivity contribution in [2.45, 2.75) is 26.8 Å². The van der Waals surface area contributed by atoms with Crippen molar-refractivity contribution in [2.75, 3.05) is 32.4 Å². The number of nitrogens with one attached hydrogen (secondary N) is 3. The first-order chi connectivity index (χ1) is 18.3. The van der Waals surface area contributed by atoms with Crippen LogP contribution in [0, 0.1) is 12.8 Å². The molecule has 0 aromatic heterocycles. The number of hydrogen-bond donors (Lipinski definition) is 3. The zero-order chi connectivity index (χ0) is 26.8. The van der Waals surface area contributed by atoms with Crippen molar-refractivity contribution in [2.24, 2.45) is 15.9 Å². The van der Waals surface area contributed by atoms with Crippen LogP contribution >= 0.6 is 0 Å². The van der Waals surface area contributed by atoms with Gasteiger partial charge in [0.25, 0.3) is 5.91 Å². The highest BCUT2D eigenvalue weighted by Gasteiger charge is 2.37. The van der Waals surface area contributed by atoms with Gasteiger partial charge in [0.05, 0.1) is 24.8 Å². The predicted molar refractivity (Wildman–Crippen MR) is 143 cm³/mol.